The number of carbonyl (C=O) groups excluding carboxylic acids is 1. The van der Waals surface area contributed by atoms with Crippen LogP contribution in [0.4, 0.5) is 5.69 Å². The Labute approximate surface area is 116 Å². The number of rotatable bonds is 4. The van der Waals surface area contributed by atoms with Crippen LogP contribution in [0.5, 0.6) is 0 Å². The third kappa shape index (κ3) is 6.79. The minimum absolute atomic E-state index is 0.0542. The summed E-state index contributed by atoms with van der Waals surface area (Å²) in [7, 11) is 3.66. The largest absolute Gasteiger partial charge is 0.362 e. The van der Waals surface area contributed by atoms with Gasteiger partial charge in [-0.3, -0.25) is 4.79 Å². The molecule has 0 aliphatic rings. The molecule has 1 aromatic carbocycles. The van der Waals surface area contributed by atoms with Crippen LogP contribution in [-0.4, -0.2) is 38.2 Å². The summed E-state index contributed by atoms with van der Waals surface area (Å²) >= 11 is 0. The Hall–Kier alpha value is -1.59. The fraction of sp³-hybridized carbons (Fsp3) is 0.500. The van der Waals surface area contributed by atoms with E-state index in [9.17, 15) is 4.79 Å². The molecule has 0 saturated heterocycles. The second-order valence-corrected chi connectivity index (χ2v) is 4.59. The Morgan fingerprint density at radius 2 is 1.63 bits per heavy atom. The van der Waals surface area contributed by atoms with Crippen molar-refractivity contribution in [3.8, 4) is 0 Å². The van der Waals surface area contributed by atoms with E-state index in [0.717, 1.165) is 5.69 Å². The summed E-state index contributed by atoms with van der Waals surface area (Å²) in [6, 6.07) is 10.1. The first-order chi connectivity index (χ1) is 8.93. The molecule has 0 radical (unpaired) electrons. The van der Waals surface area contributed by atoms with Crippen LogP contribution in [0.25, 0.3) is 0 Å². The third-order valence-corrected chi connectivity index (χ3v) is 2.61. The van der Waals surface area contributed by atoms with Gasteiger partial charge in [0.15, 0.2) is 0 Å². The summed E-state index contributed by atoms with van der Waals surface area (Å²) in [5.41, 5.74) is 11.8. The molecule has 0 saturated carbocycles. The molecule has 1 amide bonds. The van der Waals surface area contributed by atoms with E-state index in [1.54, 1.807) is 7.05 Å². The fourth-order valence-corrected chi connectivity index (χ4v) is 1.32. The number of hydrogen-bond acceptors (Lipinski definition) is 4. The van der Waals surface area contributed by atoms with Crippen molar-refractivity contribution in [2.24, 2.45) is 17.4 Å². The zero-order valence-corrected chi connectivity index (χ0v) is 12.3. The first-order valence-corrected chi connectivity index (χ1v) is 6.35. The highest BCUT2D eigenvalue weighted by Crippen LogP contribution is 2.08. The molecule has 19 heavy (non-hydrogen) atoms. The standard InChI is InChI=1S/C8H12N2.C6H14N2O/c1-10(7-9)8-5-3-2-4-6-8;1-5(2)6(9)8(3)4-7/h2-6H,7,9H2,1H3;5H,4,7H2,1-3H3. The Balaban J connectivity index is 0.000000344. The van der Waals surface area contributed by atoms with E-state index in [4.69, 9.17) is 11.5 Å². The summed E-state index contributed by atoms with van der Waals surface area (Å²) < 4.78 is 0. The van der Waals surface area contributed by atoms with Crippen molar-refractivity contribution in [2.75, 3.05) is 32.3 Å². The van der Waals surface area contributed by atoms with Crippen molar-refractivity contribution in [2.45, 2.75) is 13.8 Å². The van der Waals surface area contributed by atoms with E-state index in [-0.39, 0.29) is 11.8 Å². The molecule has 1 rings (SSSR count). The molecule has 0 atom stereocenters. The highest BCUT2D eigenvalue weighted by molar-refractivity contribution is 5.77. The van der Waals surface area contributed by atoms with Crippen LogP contribution in [0.1, 0.15) is 13.8 Å². The van der Waals surface area contributed by atoms with Gasteiger partial charge in [-0.1, -0.05) is 32.0 Å². The third-order valence-electron chi connectivity index (χ3n) is 2.61. The quantitative estimate of drug-likeness (QED) is 0.799. The van der Waals surface area contributed by atoms with Gasteiger partial charge in [0.2, 0.25) is 5.91 Å². The van der Waals surface area contributed by atoms with Gasteiger partial charge in [0.25, 0.3) is 0 Å². The minimum atomic E-state index is 0.0542. The second-order valence-electron chi connectivity index (χ2n) is 4.59. The van der Waals surface area contributed by atoms with Crippen LogP contribution >= 0.6 is 0 Å². The molecule has 0 fully saturated rings. The monoisotopic (exact) mass is 266 g/mol. The Bertz CT molecular complexity index is 354. The number of carbonyl (C=O) groups is 1. The van der Waals surface area contributed by atoms with E-state index in [2.05, 4.69) is 0 Å². The van der Waals surface area contributed by atoms with Gasteiger partial charge in [0, 0.05) is 25.7 Å². The van der Waals surface area contributed by atoms with Gasteiger partial charge in [-0.2, -0.15) is 0 Å². The number of para-hydroxylation sites is 1. The van der Waals surface area contributed by atoms with Crippen molar-refractivity contribution in [3.63, 3.8) is 0 Å². The number of anilines is 1. The SMILES string of the molecule is CC(C)C(=O)N(C)CN.CN(CN)c1ccccc1. The zero-order chi connectivity index (χ0) is 14.8. The van der Waals surface area contributed by atoms with Crippen molar-refractivity contribution < 1.29 is 4.79 Å². The molecule has 5 nitrogen and oxygen atoms in total. The van der Waals surface area contributed by atoms with Crippen LogP contribution in [-0.2, 0) is 4.79 Å². The molecular formula is C14H26N4O. The maximum atomic E-state index is 10.9. The molecule has 0 spiro atoms. The summed E-state index contributed by atoms with van der Waals surface area (Å²) in [6.07, 6.45) is 0. The smallest absolute Gasteiger partial charge is 0.225 e. The second kappa shape index (κ2) is 9.35. The van der Waals surface area contributed by atoms with Crippen LogP contribution in [0.2, 0.25) is 0 Å². The van der Waals surface area contributed by atoms with E-state index in [0.29, 0.717) is 13.3 Å². The van der Waals surface area contributed by atoms with Gasteiger partial charge in [-0.25, -0.2) is 0 Å². The lowest BCUT2D eigenvalue weighted by molar-refractivity contribution is -0.133. The summed E-state index contributed by atoms with van der Waals surface area (Å²) in [6.45, 7) is 4.57. The van der Waals surface area contributed by atoms with Gasteiger partial charge < -0.3 is 21.3 Å². The number of hydrogen-bond donors (Lipinski definition) is 2. The van der Waals surface area contributed by atoms with Gasteiger partial charge in [0.1, 0.15) is 0 Å². The van der Waals surface area contributed by atoms with Crippen molar-refractivity contribution in [1.82, 2.24) is 4.90 Å². The number of nitrogens with two attached hydrogens (primary N) is 2. The molecule has 4 N–H and O–H groups in total. The maximum Gasteiger partial charge on any atom is 0.225 e. The first kappa shape index (κ1) is 17.4. The van der Waals surface area contributed by atoms with Gasteiger partial charge in [-0.15, -0.1) is 0 Å². The lowest BCUT2D eigenvalue weighted by Crippen LogP contribution is -2.34. The molecule has 0 heterocycles. The lowest BCUT2D eigenvalue weighted by atomic mass is 10.2. The average Bonchev–Trinajstić information content (AvgIpc) is 2.46. The van der Waals surface area contributed by atoms with Crippen molar-refractivity contribution >= 4 is 11.6 Å². The minimum Gasteiger partial charge on any atom is -0.362 e. The van der Waals surface area contributed by atoms with E-state index in [1.807, 2.05) is 56.1 Å². The Morgan fingerprint density at radius 1 is 1.11 bits per heavy atom. The molecule has 0 aromatic heterocycles. The Kier molecular flexibility index (Phi) is 8.57. The first-order valence-electron chi connectivity index (χ1n) is 6.35. The molecule has 0 unspecified atom stereocenters. The van der Waals surface area contributed by atoms with Crippen LogP contribution in [0, 0.1) is 5.92 Å². The molecular weight excluding hydrogens is 240 g/mol. The van der Waals surface area contributed by atoms with Crippen LogP contribution in [0.3, 0.4) is 0 Å². The van der Waals surface area contributed by atoms with E-state index < -0.39 is 0 Å². The topological polar surface area (TPSA) is 75.6 Å². The molecule has 0 bridgehead atoms. The molecule has 1 aromatic rings. The molecule has 5 heteroatoms. The highest BCUT2D eigenvalue weighted by Gasteiger charge is 2.09. The molecule has 0 aliphatic carbocycles. The Morgan fingerprint density at radius 3 is 1.95 bits per heavy atom. The highest BCUT2D eigenvalue weighted by atomic mass is 16.2. The summed E-state index contributed by atoms with van der Waals surface area (Å²) in [5.74, 6) is 0.149. The van der Waals surface area contributed by atoms with Crippen molar-refractivity contribution in [3.05, 3.63) is 30.3 Å². The molecule has 0 aliphatic heterocycles. The van der Waals surface area contributed by atoms with Crippen LogP contribution < -0.4 is 16.4 Å². The van der Waals surface area contributed by atoms with E-state index >= 15 is 0 Å². The van der Waals surface area contributed by atoms with Crippen molar-refractivity contribution in [1.29, 1.82) is 0 Å². The van der Waals surface area contributed by atoms with Gasteiger partial charge in [0.05, 0.1) is 13.3 Å². The van der Waals surface area contributed by atoms with Crippen LogP contribution in [0.15, 0.2) is 30.3 Å². The predicted octanol–water partition coefficient (Wildman–Crippen LogP) is 1.06. The normalized spacial score (nSPS) is 9.63. The zero-order valence-electron chi connectivity index (χ0n) is 12.3. The average molecular weight is 266 g/mol. The van der Waals surface area contributed by atoms with Gasteiger partial charge in [-0.05, 0) is 12.1 Å². The number of nitrogens with zero attached hydrogens (tertiary/aromatic N) is 2. The predicted molar refractivity (Wildman–Crippen MR) is 80.6 cm³/mol. The maximum absolute atomic E-state index is 10.9. The fourth-order valence-electron chi connectivity index (χ4n) is 1.32. The number of amides is 1. The summed E-state index contributed by atoms with van der Waals surface area (Å²) in [5, 5.41) is 0. The van der Waals surface area contributed by atoms with Gasteiger partial charge >= 0.3 is 0 Å². The molecule has 108 valence electrons. The lowest BCUT2D eigenvalue weighted by Gasteiger charge is -2.15. The number of benzene rings is 1. The van der Waals surface area contributed by atoms with E-state index in [1.165, 1.54) is 4.90 Å². The summed E-state index contributed by atoms with van der Waals surface area (Å²) in [4.78, 5) is 14.4.